The van der Waals surface area contributed by atoms with Crippen LogP contribution in [-0.2, 0) is 4.79 Å². The third-order valence-electron chi connectivity index (χ3n) is 2.85. The van der Waals surface area contributed by atoms with Crippen LogP contribution in [0.2, 0.25) is 5.02 Å². The van der Waals surface area contributed by atoms with Crippen LogP contribution in [0.3, 0.4) is 0 Å². The molecule has 0 saturated heterocycles. The lowest BCUT2D eigenvalue weighted by atomic mass is 10.0. The van der Waals surface area contributed by atoms with Gasteiger partial charge in [0, 0.05) is 24.2 Å². The van der Waals surface area contributed by atoms with E-state index in [1.807, 2.05) is 0 Å². The van der Waals surface area contributed by atoms with E-state index in [0.717, 1.165) is 6.07 Å². The monoisotopic (exact) mass is 309 g/mol. The van der Waals surface area contributed by atoms with Crippen molar-refractivity contribution in [3.8, 4) is 22.6 Å². The molecule has 21 heavy (non-hydrogen) atoms. The zero-order valence-electron chi connectivity index (χ0n) is 11.2. The summed E-state index contributed by atoms with van der Waals surface area (Å²) in [7, 11) is 1.50. The number of rotatable bonds is 4. The number of phenolic OH excluding ortho intramolecular Hbond substituents is 1. The minimum absolute atomic E-state index is 0.0347. The molecular weight excluding hydrogens is 297 g/mol. The number of carbonyl (C=O) groups is 1. The fraction of sp³-hybridized carbons (Fsp3) is 0.133. The van der Waals surface area contributed by atoms with E-state index in [-0.39, 0.29) is 28.8 Å². The number of phenols is 1. The second kappa shape index (κ2) is 6.45. The molecule has 2 aromatic rings. The molecule has 1 amide bonds. The van der Waals surface area contributed by atoms with Gasteiger partial charge in [-0.3, -0.25) is 4.79 Å². The first-order valence-corrected chi connectivity index (χ1v) is 6.51. The lowest BCUT2D eigenvalue weighted by molar-refractivity contribution is -0.122. The van der Waals surface area contributed by atoms with E-state index in [9.17, 15) is 14.3 Å². The van der Waals surface area contributed by atoms with Crippen molar-refractivity contribution in [2.45, 2.75) is 0 Å². The highest BCUT2D eigenvalue weighted by atomic mass is 35.5. The molecule has 0 aliphatic rings. The van der Waals surface area contributed by atoms with Gasteiger partial charge in [-0.1, -0.05) is 29.8 Å². The Hall–Kier alpha value is -2.27. The highest BCUT2D eigenvalue weighted by Crippen LogP contribution is 2.36. The number of ether oxygens (including phenoxy) is 1. The van der Waals surface area contributed by atoms with Crippen molar-refractivity contribution < 1.29 is 19.0 Å². The minimum atomic E-state index is -0.632. The van der Waals surface area contributed by atoms with Crippen LogP contribution in [-0.4, -0.2) is 24.7 Å². The molecular formula is C15H13ClFNO3. The van der Waals surface area contributed by atoms with E-state index < -0.39 is 5.82 Å². The second-order valence-corrected chi connectivity index (χ2v) is 4.65. The Kier molecular flexibility index (Phi) is 4.65. The molecule has 0 fully saturated rings. The fourth-order valence-electron chi connectivity index (χ4n) is 1.77. The van der Waals surface area contributed by atoms with Crippen LogP contribution in [0.1, 0.15) is 0 Å². The fourth-order valence-corrected chi connectivity index (χ4v) is 1.94. The SMILES string of the molecule is CNC(=O)COc1ccccc1-c1cc(Cl)c(O)cc1F. The highest BCUT2D eigenvalue weighted by molar-refractivity contribution is 6.32. The summed E-state index contributed by atoms with van der Waals surface area (Å²) in [5.41, 5.74) is 0.631. The third-order valence-corrected chi connectivity index (χ3v) is 3.15. The molecule has 0 bridgehead atoms. The molecule has 0 atom stereocenters. The molecule has 0 spiro atoms. The maximum atomic E-state index is 14.0. The van der Waals surface area contributed by atoms with Crippen molar-refractivity contribution in [1.82, 2.24) is 5.32 Å². The summed E-state index contributed by atoms with van der Waals surface area (Å²) in [4.78, 5) is 11.2. The first kappa shape index (κ1) is 15.1. The predicted octanol–water partition coefficient (Wildman–Crippen LogP) is 2.98. The van der Waals surface area contributed by atoms with Gasteiger partial charge in [0.25, 0.3) is 5.91 Å². The van der Waals surface area contributed by atoms with Crippen molar-refractivity contribution in [3.05, 3.63) is 47.2 Å². The Labute approximate surface area is 126 Å². The van der Waals surface area contributed by atoms with Crippen molar-refractivity contribution >= 4 is 17.5 Å². The molecule has 0 heterocycles. The summed E-state index contributed by atoms with van der Waals surface area (Å²) in [5.74, 6) is -0.912. The van der Waals surface area contributed by atoms with Crippen LogP contribution in [0.25, 0.3) is 11.1 Å². The molecule has 6 heteroatoms. The Balaban J connectivity index is 2.40. The predicted molar refractivity (Wildman–Crippen MR) is 78.1 cm³/mol. The first-order valence-electron chi connectivity index (χ1n) is 6.13. The van der Waals surface area contributed by atoms with Crippen molar-refractivity contribution in [2.75, 3.05) is 13.7 Å². The number of carbonyl (C=O) groups excluding carboxylic acids is 1. The molecule has 0 unspecified atom stereocenters. The van der Waals surface area contributed by atoms with Crippen LogP contribution in [0.4, 0.5) is 4.39 Å². The van der Waals surface area contributed by atoms with Crippen LogP contribution in [0, 0.1) is 5.82 Å². The summed E-state index contributed by atoms with van der Waals surface area (Å²) in [6, 6.07) is 8.94. The van der Waals surface area contributed by atoms with Gasteiger partial charge in [0.2, 0.25) is 0 Å². The maximum Gasteiger partial charge on any atom is 0.257 e. The molecule has 110 valence electrons. The topological polar surface area (TPSA) is 58.6 Å². The summed E-state index contributed by atoms with van der Waals surface area (Å²) in [5, 5.41) is 11.9. The molecule has 0 aliphatic carbocycles. The van der Waals surface area contributed by atoms with E-state index in [4.69, 9.17) is 16.3 Å². The van der Waals surface area contributed by atoms with Gasteiger partial charge in [0.05, 0.1) is 5.02 Å². The molecule has 0 aromatic heterocycles. The quantitative estimate of drug-likeness (QED) is 0.913. The number of halogens is 2. The lowest BCUT2D eigenvalue weighted by Crippen LogP contribution is -2.24. The Morgan fingerprint density at radius 3 is 2.76 bits per heavy atom. The average Bonchev–Trinajstić information content (AvgIpc) is 2.49. The number of hydrogen-bond donors (Lipinski definition) is 2. The molecule has 4 nitrogen and oxygen atoms in total. The number of amides is 1. The molecule has 2 aromatic carbocycles. The first-order chi connectivity index (χ1) is 10.0. The number of nitrogens with one attached hydrogen (secondary N) is 1. The second-order valence-electron chi connectivity index (χ2n) is 4.24. The van der Waals surface area contributed by atoms with Gasteiger partial charge in [-0.2, -0.15) is 0 Å². The third kappa shape index (κ3) is 3.44. The van der Waals surface area contributed by atoms with Crippen molar-refractivity contribution in [1.29, 1.82) is 0 Å². The number of para-hydroxylation sites is 1. The van der Waals surface area contributed by atoms with Crippen LogP contribution < -0.4 is 10.1 Å². The summed E-state index contributed by atoms with van der Waals surface area (Å²) in [6.07, 6.45) is 0. The van der Waals surface area contributed by atoms with Gasteiger partial charge in [-0.15, -0.1) is 0 Å². The molecule has 2 N–H and O–H groups in total. The zero-order chi connectivity index (χ0) is 15.4. The Morgan fingerprint density at radius 1 is 1.33 bits per heavy atom. The smallest absolute Gasteiger partial charge is 0.257 e. The average molecular weight is 310 g/mol. The van der Waals surface area contributed by atoms with Crippen LogP contribution in [0.5, 0.6) is 11.5 Å². The van der Waals surface area contributed by atoms with E-state index in [2.05, 4.69) is 5.32 Å². The van der Waals surface area contributed by atoms with E-state index >= 15 is 0 Å². The van der Waals surface area contributed by atoms with Gasteiger partial charge in [-0.25, -0.2) is 4.39 Å². The maximum absolute atomic E-state index is 14.0. The van der Waals surface area contributed by atoms with Gasteiger partial charge in [-0.05, 0) is 12.1 Å². The molecule has 2 rings (SSSR count). The Bertz CT molecular complexity index is 676. The highest BCUT2D eigenvalue weighted by Gasteiger charge is 2.14. The van der Waals surface area contributed by atoms with E-state index in [1.54, 1.807) is 24.3 Å². The van der Waals surface area contributed by atoms with Crippen LogP contribution in [0.15, 0.2) is 36.4 Å². The number of aromatic hydroxyl groups is 1. The van der Waals surface area contributed by atoms with Crippen molar-refractivity contribution in [2.24, 2.45) is 0 Å². The number of likely N-dealkylation sites (N-methyl/N-ethyl adjacent to an activating group) is 1. The van der Waals surface area contributed by atoms with Crippen molar-refractivity contribution in [3.63, 3.8) is 0 Å². The Morgan fingerprint density at radius 2 is 2.05 bits per heavy atom. The standard InChI is InChI=1S/C15H13ClFNO3/c1-18-15(20)8-21-14-5-3-2-4-9(14)10-6-11(16)13(19)7-12(10)17/h2-7,19H,8H2,1H3,(H,18,20). The lowest BCUT2D eigenvalue weighted by Gasteiger charge is -2.12. The van der Waals surface area contributed by atoms with Gasteiger partial charge < -0.3 is 15.2 Å². The summed E-state index contributed by atoms with van der Waals surface area (Å²) < 4.78 is 19.4. The molecule has 0 aliphatic heterocycles. The summed E-state index contributed by atoms with van der Waals surface area (Å²) in [6.45, 7) is -0.180. The minimum Gasteiger partial charge on any atom is -0.506 e. The summed E-state index contributed by atoms with van der Waals surface area (Å²) >= 11 is 5.82. The van der Waals surface area contributed by atoms with E-state index in [0.29, 0.717) is 11.3 Å². The largest absolute Gasteiger partial charge is 0.506 e. The number of benzene rings is 2. The normalized spacial score (nSPS) is 10.2. The van der Waals surface area contributed by atoms with Crippen LogP contribution >= 0.6 is 11.6 Å². The molecule has 0 radical (unpaired) electrons. The van der Waals surface area contributed by atoms with Gasteiger partial charge in [0.1, 0.15) is 17.3 Å². The molecule has 0 saturated carbocycles. The van der Waals surface area contributed by atoms with Gasteiger partial charge >= 0.3 is 0 Å². The van der Waals surface area contributed by atoms with Gasteiger partial charge in [0.15, 0.2) is 6.61 Å². The number of hydrogen-bond acceptors (Lipinski definition) is 3. The zero-order valence-corrected chi connectivity index (χ0v) is 11.9. The van der Waals surface area contributed by atoms with E-state index in [1.165, 1.54) is 13.1 Å².